The molecule has 64 heavy (non-hydrogen) atoms. The summed E-state index contributed by atoms with van der Waals surface area (Å²) >= 11 is 0. The summed E-state index contributed by atoms with van der Waals surface area (Å²) in [4.78, 5) is 63.3. The van der Waals surface area contributed by atoms with Crippen LogP contribution in [0.4, 0.5) is 0 Å². The first kappa shape index (κ1) is 54.4. The summed E-state index contributed by atoms with van der Waals surface area (Å²) < 4.78 is 45.5. The molecule has 3 aliphatic rings. The van der Waals surface area contributed by atoms with E-state index in [1.807, 2.05) is 19.9 Å². The largest absolute Gasteiger partial charge is 0.466 e. The van der Waals surface area contributed by atoms with E-state index in [0.717, 1.165) is 24.5 Å². The van der Waals surface area contributed by atoms with Crippen LogP contribution in [0.5, 0.6) is 0 Å². The minimum Gasteiger partial charge on any atom is -0.466 e. The first-order valence-electron chi connectivity index (χ1n) is 22.1. The van der Waals surface area contributed by atoms with Gasteiger partial charge in [0.15, 0.2) is 11.9 Å². The summed E-state index contributed by atoms with van der Waals surface area (Å²) in [6.45, 7) is 14.8. The van der Waals surface area contributed by atoms with E-state index in [1.54, 1.807) is 40.7 Å². The maximum absolute atomic E-state index is 13.4. The van der Waals surface area contributed by atoms with Gasteiger partial charge < -0.3 is 58.3 Å². The van der Waals surface area contributed by atoms with Gasteiger partial charge in [0.25, 0.3) is 0 Å². The van der Waals surface area contributed by atoms with Gasteiger partial charge >= 0.3 is 29.8 Å². The lowest BCUT2D eigenvalue weighted by molar-refractivity contribution is -0.349. The van der Waals surface area contributed by atoms with Crippen LogP contribution in [0.2, 0.25) is 0 Å². The third kappa shape index (κ3) is 15.0. The van der Waals surface area contributed by atoms with E-state index in [4.69, 9.17) is 37.9 Å². The number of hydrogen-bond donors (Lipinski definition) is 4. The Labute approximate surface area is 377 Å². The molecule has 11 atom stereocenters. The highest BCUT2D eigenvalue weighted by atomic mass is 16.7. The number of carbonyl (C=O) groups is 5. The Balaban J connectivity index is 1.79. The minimum atomic E-state index is -2.22. The zero-order valence-electron chi connectivity index (χ0n) is 39.3. The molecule has 17 heteroatoms. The second-order valence-corrected chi connectivity index (χ2v) is 18.7. The maximum atomic E-state index is 13.4. The fourth-order valence-electron chi connectivity index (χ4n) is 8.26. The van der Waals surface area contributed by atoms with Crippen LogP contribution in [0.25, 0.3) is 0 Å². The molecular formula is C47H72O17. The van der Waals surface area contributed by atoms with Gasteiger partial charge in [0, 0.05) is 56.3 Å². The van der Waals surface area contributed by atoms with E-state index in [1.165, 1.54) is 46.3 Å². The zero-order chi connectivity index (χ0) is 48.2. The number of rotatable bonds is 18. The Morgan fingerprint density at radius 2 is 1.53 bits per heavy atom. The van der Waals surface area contributed by atoms with Gasteiger partial charge in [-0.2, -0.15) is 0 Å². The molecule has 0 spiro atoms. The second-order valence-electron chi connectivity index (χ2n) is 18.7. The van der Waals surface area contributed by atoms with Gasteiger partial charge in [0.2, 0.25) is 5.79 Å². The van der Waals surface area contributed by atoms with Crippen LogP contribution in [0.15, 0.2) is 47.6 Å². The second kappa shape index (κ2) is 23.5. The third-order valence-corrected chi connectivity index (χ3v) is 12.0. The van der Waals surface area contributed by atoms with Crippen LogP contribution in [-0.2, 0) is 61.9 Å². The van der Waals surface area contributed by atoms with Crippen molar-refractivity contribution in [1.29, 1.82) is 0 Å². The Bertz CT molecular complexity index is 1740. The average molecular weight is 909 g/mol. The van der Waals surface area contributed by atoms with E-state index < -0.39 is 108 Å². The van der Waals surface area contributed by atoms with Gasteiger partial charge in [-0.15, -0.1) is 0 Å². The lowest BCUT2D eigenvalue weighted by atomic mass is 9.70. The highest BCUT2D eigenvalue weighted by molar-refractivity contribution is 5.84. The van der Waals surface area contributed by atoms with Gasteiger partial charge in [-0.3, -0.25) is 9.59 Å². The third-order valence-electron chi connectivity index (χ3n) is 12.0. The van der Waals surface area contributed by atoms with Crippen molar-refractivity contribution in [2.75, 3.05) is 14.2 Å². The first-order chi connectivity index (χ1) is 29.8. The molecule has 3 fully saturated rings. The van der Waals surface area contributed by atoms with Crippen molar-refractivity contribution in [2.24, 2.45) is 10.8 Å². The Kier molecular flexibility index (Phi) is 19.9. The number of aliphatic hydroxyl groups is 4. The molecule has 0 aromatic rings. The predicted octanol–water partition coefficient (Wildman–Crippen LogP) is 4.75. The van der Waals surface area contributed by atoms with Gasteiger partial charge in [-0.05, 0) is 45.1 Å². The van der Waals surface area contributed by atoms with Crippen LogP contribution in [0.3, 0.4) is 0 Å². The Hall–Kier alpha value is -3.97. The number of aliphatic hydroxyl groups excluding tert-OH is 2. The molecule has 0 amide bonds. The van der Waals surface area contributed by atoms with Crippen LogP contribution in [0, 0.1) is 10.8 Å². The van der Waals surface area contributed by atoms with E-state index in [0.29, 0.717) is 12.8 Å². The summed E-state index contributed by atoms with van der Waals surface area (Å²) in [5.74, 6) is -7.74. The predicted molar refractivity (Wildman–Crippen MR) is 231 cm³/mol. The summed E-state index contributed by atoms with van der Waals surface area (Å²) in [5, 5.41) is 46.4. The van der Waals surface area contributed by atoms with Crippen LogP contribution in [0.1, 0.15) is 127 Å². The summed E-state index contributed by atoms with van der Waals surface area (Å²) in [6.07, 6.45) is 1.30. The highest BCUT2D eigenvalue weighted by Crippen LogP contribution is 2.49. The normalized spacial score (nSPS) is 31.3. The molecule has 3 rings (SSSR count). The van der Waals surface area contributed by atoms with Crippen molar-refractivity contribution in [3.8, 4) is 0 Å². The minimum absolute atomic E-state index is 0.0758. The lowest BCUT2D eigenvalue weighted by Gasteiger charge is -2.53. The average Bonchev–Trinajstić information content (AvgIpc) is 3.16. The van der Waals surface area contributed by atoms with Gasteiger partial charge in [-0.1, -0.05) is 71.8 Å². The molecule has 4 N–H and O–H groups in total. The molecule has 17 nitrogen and oxygen atoms in total. The molecule has 0 saturated carbocycles. The van der Waals surface area contributed by atoms with Crippen molar-refractivity contribution in [3.63, 3.8) is 0 Å². The number of unbranched alkanes of at least 4 members (excludes halogenated alkanes) is 1. The van der Waals surface area contributed by atoms with E-state index in [-0.39, 0.29) is 43.8 Å². The SMILES string of the molecule is CCC/C=C/C=C/C(=O)O[C@H]1/C(=C/C(=O)OC)CC(C[C@@H](OC(=O)C[C@H](O)C[C@@H]2C[C@H](OC(C)=O)C(C)(C)[C@](O)(C[C@@H]3C/C(=C/C(=O)OC)C[C@H](C)O3)O2)[C@@H](C)O)O[C@@]1(O)C(C)(C)C. The van der Waals surface area contributed by atoms with Crippen molar-refractivity contribution >= 4 is 29.8 Å². The molecule has 3 saturated heterocycles. The highest BCUT2D eigenvalue weighted by Gasteiger charge is 2.59. The molecular weight excluding hydrogens is 836 g/mol. The monoisotopic (exact) mass is 908 g/mol. The van der Waals surface area contributed by atoms with Crippen molar-refractivity contribution in [2.45, 2.75) is 193 Å². The molecule has 3 aliphatic heterocycles. The summed E-state index contributed by atoms with van der Waals surface area (Å²) in [7, 11) is 2.45. The van der Waals surface area contributed by atoms with Gasteiger partial charge in [-0.25, -0.2) is 14.4 Å². The lowest BCUT2D eigenvalue weighted by Crippen LogP contribution is -2.62. The molecule has 0 aromatic heterocycles. The Morgan fingerprint density at radius 1 is 0.875 bits per heavy atom. The number of esters is 5. The fraction of sp³-hybridized carbons (Fsp3) is 0.723. The standard InChI is InChI=1S/C47H72O17/c1-12-13-14-15-16-17-39(51)62-43-32(22-41(53)58-11)21-34(64-47(43,56)44(5,6)7)25-37(29(3)48)61-42(54)24-33(50)23-35-26-38(60-30(4)49)45(8,9)46(55,63-35)27-36-19-31(18-28(2)59-36)20-40(52)57-10/h14-17,20,22,28-29,33-38,43,48,50,55-56H,12-13,18-19,21,23-27H2,1-11H3/b15-14+,17-16+,31-20+,32-22+/t28-,29+,33+,34?,35+,36-,37+,38-,43-,46-,47+/m0/s1. The van der Waals surface area contributed by atoms with E-state index in [2.05, 4.69) is 0 Å². The number of allylic oxidation sites excluding steroid dienone is 3. The van der Waals surface area contributed by atoms with Crippen LogP contribution < -0.4 is 0 Å². The molecule has 1 unspecified atom stereocenters. The quantitative estimate of drug-likeness (QED) is 0.0628. The van der Waals surface area contributed by atoms with Crippen molar-refractivity contribution < 1.29 is 82.3 Å². The van der Waals surface area contributed by atoms with Crippen molar-refractivity contribution in [3.05, 3.63) is 47.6 Å². The van der Waals surface area contributed by atoms with E-state index >= 15 is 0 Å². The topological polar surface area (TPSA) is 240 Å². The molecule has 0 aliphatic carbocycles. The number of hydrogen-bond acceptors (Lipinski definition) is 17. The number of ether oxygens (including phenoxy) is 8. The van der Waals surface area contributed by atoms with Crippen molar-refractivity contribution in [1.82, 2.24) is 0 Å². The summed E-state index contributed by atoms with van der Waals surface area (Å²) in [6, 6.07) is 0. The molecule has 0 bridgehead atoms. The molecule has 0 aromatic carbocycles. The summed E-state index contributed by atoms with van der Waals surface area (Å²) in [5.41, 5.74) is -1.36. The maximum Gasteiger partial charge on any atom is 0.331 e. The Morgan fingerprint density at radius 3 is 2.12 bits per heavy atom. The first-order valence-corrected chi connectivity index (χ1v) is 22.1. The van der Waals surface area contributed by atoms with Crippen LogP contribution >= 0.6 is 0 Å². The smallest absolute Gasteiger partial charge is 0.331 e. The zero-order valence-corrected chi connectivity index (χ0v) is 39.3. The fourth-order valence-corrected chi connectivity index (χ4v) is 8.26. The van der Waals surface area contributed by atoms with Gasteiger partial charge in [0.05, 0.1) is 62.7 Å². The van der Waals surface area contributed by atoms with Crippen LogP contribution in [-0.4, -0.2) is 131 Å². The van der Waals surface area contributed by atoms with Gasteiger partial charge in [0.1, 0.15) is 12.2 Å². The number of methoxy groups -OCH3 is 2. The van der Waals surface area contributed by atoms with E-state index in [9.17, 15) is 44.4 Å². The molecule has 0 radical (unpaired) electrons. The molecule has 3 heterocycles. The number of carbonyl (C=O) groups excluding carboxylic acids is 5. The molecule has 362 valence electrons.